The quantitative estimate of drug-likeness (QED) is 0.280. The van der Waals surface area contributed by atoms with Crippen molar-refractivity contribution < 1.29 is 9.13 Å². The minimum atomic E-state index is -0.255. The first-order valence-electron chi connectivity index (χ1n) is 12.1. The Balaban J connectivity index is 1.26. The van der Waals surface area contributed by atoms with Crippen molar-refractivity contribution in [1.29, 1.82) is 0 Å². The number of H-pyrrole nitrogens is 2. The fourth-order valence-corrected chi connectivity index (χ4v) is 5.52. The van der Waals surface area contributed by atoms with Gasteiger partial charge in [-0.05, 0) is 67.9 Å². The molecule has 1 aliphatic rings. The number of hydrogen-bond donors (Lipinski definition) is 3. The lowest BCUT2D eigenvalue weighted by Crippen LogP contribution is -2.34. The van der Waals surface area contributed by atoms with E-state index < -0.39 is 0 Å². The van der Waals surface area contributed by atoms with Crippen LogP contribution < -0.4 is 10.1 Å². The maximum atomic E-state index is 13.7. The predicted molar refractivity (Wildman–Crippen MR) is 142 cm³/mol. The standard InChI is InChI=1S/C27H22FN7OS/c28-23-4-3-22(37-23)26-25-21(7-10-31-26)32-27(33-25)24-19-12-15(1-2-20(19)34-35-24)16-11-18(14-30-13-16)36-17-5-8-29-9-6-17/h1-4,7,10-14,17,29H,5-6,8-9H2,(H,32,33)(H,34,35). The van der Waals surface area contributed by atoms with Gasteiger partial charge in [0.15, 0.2) is 11.0 Å². The van der Waals surface area contributed by atoms with Crippen LogP contribution in [0.25, 0.3) is 55.2 Å². The summed E-state index contributed by atoms with van der Waals surface area (Å²) in [5.41, 5.74) is 5.71. The van der Waals surface area contributed by atoms with E-state index in [0.29, 0.717) is 22.7 Å². The largest absolute Gasteiger partial charge is 0.489 e. The molecule has 1 aliphatic heterocycles. The molecule has 10 heteroatoms. The molecule has 1 saturated heterocycles. The van der Waals surface area contributed by atoms with E-state index in [0.717, 1.165) is 75.4 Å². The number of pyridine rings is 2. The molecule has 0 spiro atoms. The van der Waals surface area contributed by atoms with Crippen LogP contribution in [0.5, 0.6) is 5.75 Å². The molecule has 5 aromatic heterocycles. The number of piperidine rings is 1. The van der Waals surface area contributed by atoms with Gasteiger partial charge in [0.05, 0.1) is 22.1 Å². The van der Waals surface area contributed by atoms with Gasteiger partial charge in [0.25, 0.3) is 0 Å². The highest BCUT2D eigenvalue weighted by Gasteiger charge is 2.18. The van der Waals surface area contributed by atoms with Crippen LogP contribution in [0, 0.1) is 5.13 Å². The molecule has 8 nitrogen and oxygen atoms in total. The average Bonchev–Trinajstić information content (AvgIpc) is 3.66. The lowest BCUT2D eigenvalue weighted by Gasteiger charge is -2.23. The van der Waals surface area contributed by atoms with Crippen LogP contribution in [0.3, 0.4) is 0 Å². The fourth-order valence-electron chi connectivity index (χ4n) is 4.79. The van der Waals surface area contributed by atoms with Crippen LogP contribution >= 0.6 is 11.3 Å². The van der Waals surface area contributed by atoms with Crippen molar-refractivity contribution in [3.63, 3.8) is 0 Å². The monoisotopic (exact) mass is 511 g/mol. The molecular formula is C27H22FN7OS. The maximum Gasteiger partial charge on any atom is 0.177 e. The zero-order valence-corrected chi connectivity index (χ0v) is 20.5. The third-order valence-electron chi connectivity index (χ3n) is 6.63. The van der Waals surface area contributed by atoms with Gasteiger partial charge in [-0.25, -0.2) is 4.98 Å². The molecule has 7 rings (SSSR count). The molecule has 37 heavy (non-hydrogen) atoms. The molecule has 0 unspecified atom stereocenters. The number of aromatic amines is 2. The topological polar surface area (TPSA) is 104 Å². The zero-order valence-electron chi connectivity index (χ0n) is 19.7. The Morgan fingerprint density at radius 3 is 2.73 bits per heavy atom. The SMILES string of the molecule is Fc1ccc(-c2nccc3[nH]c(-c4n[nH]c5ccc(-c6cncc(OC7CCNCC7)c6)cc45)nc23)s1. The van der Waals surface area contributed by atoms with Gasteiger partial charge >= 0.3 is 0 Å². The smallest absolute Gasteiger partial charge is 0.177 e. The number of aromatic nitrogens is 6. The Morgan fingerprint density at radius 1 is 0.946 bits per heavy atom. The summed E-state index contributed by atoms with van der Waals surface area (Å²) < 4.78 is 19.9. The number of fused-ring (bicyclic) bond motifs is 2. The molecule has 3 N–H and O–H groups in total. The highest BCUT2D eigenvalue weighted by atomic mass is 32.1. The molecule has 0 aliphatic carbocycles. The number of hydrogen-bond acceptors (Lipinski definition) is 7. The zero-order chi connectivity index (χ0) is 24.8. The average molecular weight is 512 g/mol. The van der Waals surface area contributed by atoms with Gasteiger partial charge in [0.1, 0.15) is 28.8 Å². The van der Waals surface area contributed by atoms with Crippen molar-refractivity contribution in [2.75, 3.05) is 13.1 Å². The van der Waals surface area contributed by atoms with E-state index >= 15 is 0 Å². The van der Waals surface area contributed by atoms with Gasteiger partial charge in [0, 0.05) is 23.3 Å². The minimum absolute atomic E-state index is 0.208. The Kier molecular flexibility index (Phi) is 5.40. The first kappa shape index (κ1) is 22.1. The van der Waals surface area contributed by atoms with Crippen molar-refractivity contribution in [3.05, 3.63) is 66.2 Å². The number of imidazole rings is 1. The molecule has 0 atom stereocenters. The van der Waals surface area contributed by atoms with Crippen LogP contribution in [0.2, 0.25) is 0 Å². The number of nitrogens with zero attached hydrogens (tertiary/aromatic N) is 4. The number of halogens is 1. The van der Waals surface area contributed by atoms with Gasteiger partial charge < -0.3 is 15.0 Å². The predicted octanol–water partition coefficient (Wildman–Crippen LogP) is 5.56. The summed E-state index contributed by atoms with van der Waals surface area (Å²) in [6.07, 6.45) is 7.50. The molecule has 0 amide bonds. The third-order valence-corrected chi connectivity index (χ3v) is 7.51. The summed E-state index contributed by atoms with van der Waals surface area (Å²) in [6.45, 7) is 1.95. The summed E-state index contributed by atoms with van der Waals surface area (Å²) in [7, 11) is 0. The minimum Gasteiger partial charge on any atom is -0.489 e. The van der Waals surface area contributed by atoms with Crippen LogP contribution in [0.1, 0.15) is 12.8 Å². The first-order chi connectivity index (χ1) is 18.2. The van der Waals surface area contributed by atoms with Crippen molar-refractivity contribution in [1.82, 2.24) is 35.5 Å². The lowest BCUT2D eigenvalue weighted by molar-refractivity contribution is 0.162. The Morgan fingerprint density at radius 2 is 1.86 bits per heavy atom. The van der Waals surface area contributed by atoms with E-state index in [4.69, 9.17) is 9.72 Å². The third kappa shape index (κ3) is 4.13. The van der Waals surface area contributed by atoms with E-state index in [9.17, 15) is 4.39 Å². The van der Waals surface area contributed by atoms with E-state index in [1.165, 1.54) is 6.07 Å². The van der Waals surface area contributed by atoms with Crippen molar-refractivity contribution in [2.45, 2.75) is 18.9 Å². The number of rotatable bonds is 5. The second-order valence-electron chi connectivity index (χ2n) is 9.05. The van der Waals surface area contributed by atoms with Crippen LogP contribution in [0.15, 0.2) is 61.1 Å². The second-order valence-corrected chi connectivity index (χ2v) is 10.1. The summed E-state index contributed by atoms with van der Waals surface area (Å²) in [5.74, 6) is 1.39. The molecule has 0 bridgehead atoms. The molecule has 184 valence electrons. The molecule has 6 aromatic rings. The number of nitrogens with one attached hydrogen (secondary N) is 3. The van der Waals surface area contributed by atoms with Crippen LogP contribution in [0.4, 0.5) is 4.39 Å². The van der Waals surface area contributed by atoms with Crippen LogP contribution in [-0.4, -0.2) is 49.3 Å². The van der Waals surface area contributed by atoms with Gasteiger partial charge in [-0.2, -0.15) is 9.49 Å². The number of thiophene rings is 1. The summed E-state index contributed by atoms with van der Waals surface area (Å²) >= 11 is 1.05. The molecule has 1 aromatic carbocycles. The Bertz CT molecular complexity index is 1730. The highest BCUT2D eigenvalue weighted by molar-refractivity contribution is 7.13. The first-order valence-corrected chi connectivity index (χ1v) is 12.9. The van der Waals surface area contributed by atoms with E-state index in [1.54, 1.807) is 18.5 Å². The molecule has 6 heterocycles. The molecule has 1 fully saturated rings. The molecule has 0 saturated carbocycles. The summed E-state index contributed by atoms with van der Waals surface area (Å²) in [6, 6.07) is 13.2. The normalized spacial score (nSPS) is 14.5. The van der Waals surface area contributed by atoms with Crippen LogP contribution in [-0.2, 0) is 0 Å². The molecular weight excluding hydrogens is 489 g/mol. The Hall–Kier alpha value is -4.15. The van der Waals surface area contributed by atoms with Gasteiger partial charge in [-0.1, -0.05) is 6.07 Å². The van der Waals surface area contributed by atoms with Gasteiger partial charge in [0.2, 0.25) is 0 Å². The van der Waals surface area contributed by atoms with E-state index in [-0.39, 0.29) is 11.2 Å². The van der Waals surface area contributed by atoms with Crippen molar-refractivity contribution >= 4 is 33.3 Å². The number of benzene rings is 1. The van der Waals surface area contributed by atoms with Gasteiger partial charge in [-0.15, -0.1) is 11.3 Å². The van der Waals surface area contributed by atoms with E-state index in [1.807, 2.05) is 30.5 Å². The molecule has 0 radical (unpaired) electrons. The Labute approximate surface area is 215 Å². The summed E-state index contributed by atoms with van der Waals surface area (Å²) in [5, 5.41) is 11.7. The lowest BCUT2D eigenvalue weighted by atomic mass is 10.0. The maximum absolute atomic E-state index is 13.7. The highest BCUT2D eigenvalue weighted by Crippen LogP contribution is 2.34. The van der Waals surface area contributed by atoms with E-state index in [2.05, 4.69) is 36.5 Å². The summed E-state index contributed by atoms with van der Waals surface area (Å²) in [4.78, 5) is 17.8. The van der Waals surface area contributed by atoms with Gasteiger partial charge in [-0.3, -0.25) is 15.1 Å². The fraction of sp³-hybridized carbons (Fsp3) is 0.185. The second kappa shape index (κ2) is 9.06. The number of ether oxygens (including phenoxy) is 1. The van der Waals surface area contributed by atoms with Crippen molar-refractivity contribution in [2.24, 2.45) is 0 Å². The van der Waals surface area contributed by atoms with Crippen molar-refractivity contribution in [3.8, 4) is 39.0 Å².